The fourth-order valence-corrected chi connectivity index (χ4v) is 4.34. The zero-order valence-electron chi connectivity index (χ0n) is 21.8. The Morgan fingerprint density at radius 2 is 1.79 bits per heavy atom. The number of amides is 2. The van der Waals surface area contributed by atoms with Gasteiger partial charge in [0, 0.05) is 19.2 Å². The van der Waals surface area contributed by atoms with Crippen LogP contribution in [-0.2, 0) is 17.9 Å². The molecule has 39 heavy (non-hydrogen) atoms. The first-order valence-electron chi connectivity index (χ1n) is 12.6. The molecule has 3 aromatic carbocycles. The van der Waals surface area contributed by atoms with E-state index in [1.54, 1.807) is 48.3 Å². The molecule has 0 saturated carbocycles. The number of hydrogen-bond donors (Lipinski definition) is 0. The number of fused-ring (bicyclic) bond motifs is 1. The molecule has 0 aliphatic carbocycles. The van der Waals surface area contributed by atoms with Crippen LogP contribution in [0.25, 0.3) is 0 Å². The summed E-state index contributed by atoms with van der Waals surface area (Å²) in [6.07, 6.45) is 0. The highest BCUT2D eigenvalue weighted by molar-refractivity contribution is 6.02. The average molecular weight is 525 g/mol. The average Bonchev–Trinajstić information content (AvgIpc) is 3.42. The number of ketones is 1. The Hall–Kier alpha value is -4.85. The quantitative estimate of drug-likeness (QED) is 0.285. The summed E-state index contributed by atoms with van der Waals surface area (Å²) in [7, 11) is 1.71. The van der Waals surface area contributed by atoms with Crippen LogP contribution < -0.4 is 14.4 Å². The maximum absolute atomic E-state index is 12.9. The Morgan fingerprint density at radius 1 is 0.974 bits per heavy atom. The summed E-state index contributed by atoms with van der Waals surface area (Å²) in [6.45, 7) is 2.20. The Balaban J connectivity index is 1.29. The number of nitrogens with zero attached hydrogens (tertiary/aromatic N) is 2. The van der Waals surface area contributed by atoms with Crippen molar-refractivity contribution < 1.29 is 28.3 Å². The first-order chi connectivity index (χ1) is 18.9. The van der Waals surface area contributed by atoms with Gasteiger partial charge in [-0.05, 0) is 60.5 Å². The molecule has 1 aromatic heterocycles. The van der Waals surface area contributed by atoms with Crippen LogP contribution in [0.3, 0.4) is 0 Å². The van der Waals surface area contributed by atoms with Crippen molar-refractivity contribution in [3.8, 4) is 11.5 Å². The van der Waals surface area contributed by atoms with Crippen molar-refractivity contribution in [1.29, 1.82) is 0 Å². The fourth-order valence-electron chi connectivity index (χ4n) is 4.34. The SMILES string of the molecule is Cc1cccc(OCC(=O)c2ccc3c(c2)N(Cc2ccc(C(=O)N(C)Cc4ccccc4)o2)C(=O)CO3)c1. The number of benzene rings is 3. The van der Waals surface area contributed by atoms with E-state index in [2.05, 4.69) is 0 Å². The van der Waals surface area contributed by atoms with Crippen molar-refractivity contribution in [2.75, 3.05) is 25.2 Å². The lowest BCUT2D eigenvalue weighted by atomic mass is 10.1. The summed E-state index contributed by atoms with van der Waals surface area (Å²) in [4.78, 5) is 41.7. The summed E-state index contributed by atoms with van der Waals surface area (Å²) >= 11 is 0. The number of anilines is 1. The number of aryl methyl sites for hydroxylation is 1. The highest BCUT2D eigenvalue weighted by Crippen LogP contribution is 2.34. The van der Waals surface area contributed by atoms with Crippen molar-refractivity contribution in [2.24, 2.45) is 0 Å². The van der Waals surface area contributed by atoms with Gasteiger partial charge in [0.2, 0.25) is 0 Å². The number of carbonyl (C=O) groups is 3. The number of ether oxygens (including phenoxy) is 2. The molecule has 8 nitrogen and oxygen atoms in total. The minimum absolute atomic E-state index is 0.0856. The predicted molar refractivity (Wildman–Crippen MR) is 145 cm³/mol. The van der Waals surface area contributed by atoms with E-state index in [0.29, 0.717) is 35.1 Å². The molecule has 4 aromatic rings. The maximum atomic E-state index is 12.9. The molecular formula is C31H28N2O6. The highest BCUT2D eigenvalue weighted by Gasteiger charge is 2.28. The Labute approximate surface area is 226 Å². The van der Waals surface area contributed by atoms with Crippen molar-refractivity contribution in [1.82, 2.24) is 4.90 Å². The molecule has 0 N–H and O–H groups in total. The molecule has 0 atom stereocenters. The van der Waals surface area contributed by atoms with E-state index in [1.165, 1.54) is 4.90 Å². The van der Waals surface area contributed by atoms with Crippen molar-refractivity contribution >= 4 is 23.3 Å². The lowest BCUT2D eigenvalue weighted by molar-refractivity contribution is -0.121. The Morgan fingerprint density at radius 3 is 2.59 bits per heavy atom. The third-order valence-corrected chi connectivity index (χ3v) is 6.38. The van der Waals surface area contributed by atoms with Gasteiger partial charge < -0.3 is 18.8 Å². The van der Waals surface area contributed by atoms with Crippen LogP contribution in [0, 0.1) is 6.92 Å². The minimum atomic E-state index is -0.284. The van der Waals surface area contributed by atoms with Gasteiger partial charge in [0.1, 0.15) is 17.3 Å². The Bertz CT molecular complexity index is 1510. The normalized spacial score (nSPS) is 12.5. The number of furan rings is 1. The van der Waals surface area contributed by atoms with Crippen LogP contribution in [0.4, 0.5) is 5.69 Å². The summed E-state index contributed by atoms with van der Waals surface area (Å²) in [5.74, 6) is 0.933. The second kappa shape index (κ2) is 11.3. The smallest absolute Gasteiger partial charge is 0.289 e. The van der Waals surface area contributed by atoms with E-state index in [4.69, 9.17) is 13.9 Å². The second-order valence-corrected chi connectivity index (χ2v) is 9.39. The molecule has 2 heterocycles. The first-order valence-corrected chi connectivity index (χ1v) is 12.6. The molecule has 5 rings (SSSR count). The van der Waals surface area contributed by atoms with Gasteiger partial charge in [-0.1, -0.05) is 42.5 Å². The van der Waals surface area contributed by atoms with Gasteiger partial charge >= 0.3 is 0 Å². The van der Waals surface area contributed by atoms with Gasteiger partial charge in [-0.2, -0.15) is 0 Å². The third-order valence-electron chi connectivity index (χ3n) is 6.38. The third kappa shape index (κ3) is 6.01. The molecule has 0 radical (unpaired) electrons. The molecule has 8 heteroatoms. The largest absolute Gasteiger partial charge is 0.485 e. The summed E-state index contributed by atoms with van der Waals surface area (Å²) in [5.41, 5.74) is 2.89. The molecule has 0 bridgehead atoms. The molecule has 1 aliphatic rings. The van der Waals surface area contributed by atoms with Gasteiger partial charge in [0.25, 0.3) is 11.8 Å². The van der Waals surface area contributed by atoms with Gasteiger partial charge in [-0.3, -0.25) is 19.3 Å². The molecule has 0 saturated heterocycles. The van der Waals surface area contributed by atoms with Crippen LogP contribution in [0.1, 0.15) is 37.8 Å². The van der Waals surface area contributed by atoms with Gasteiger partial charge in [0.15, 0.2) is 24.8 Å². The number of rotatable bonds is 9. The van der Waals surface area contributed by atoms with E-state index in [-0.39, 0.29) is 43.1 Å². The van der Waals surface area contributed by atoms with E-state index >= 15 is 0 Å². The van der Waals surface area contributed by atoms with Gasteiger partial charge in [-0.15, -0.1) is 0 Å². The fraction of sp³-hybridized carbons (Fsp3) is 0.194. The van der Waals surface area contributed by atoms with Crippen molar-refractivity contribution in [3.05, 3.63) is 113 Å². The lowest BCUT2D eigenvalue weighted by Crippen LogP contribution is -2.38. The molecule has 0 fully saturated rings. The molecule has 0 spiro atoms. The highest BCUT2D eigenvalue weighted by atomic mass is 16.5. The molecule has 1 aliphatic heterocycles. The van der Waals surface area contributed by atoms with E-state index in [9.17, 15) is 14.4 Å². The van der Waals surface area contributed by atoms with Crippen molar-refractivity contribution in [2.45, 2.75) is 20.0 Å². The summed E-state index contributed by atoms with van der Waals surface area (Å²) in [6, 6.07) is 25.4. The molecule has 198 valence electrons. The zero-order chi connectivity index (χ0) is 27.4. The topological polar surface area (TPSA) is 89.3 Å². The van der Waals surface area contributed by atoms with Gasteiger partial charge in [-0.25, -0.2) is 0 Å². The van der Waals surface area contributed by atoms with Crippen LogP contribution in [-0.4, -0.2) is 42.8 Å². The molecule has 0 unspecified atom stereocenters. The monoisotopic (exact) mass is 524 g/mol. The van der Waals surface area contributed by atoms with Crippen LogP contribution >= 0.6 is 0 Å². The lowest BCUT2D eigenvalue weighted by Gasteiger charge is -2.29. The zero-order valence-corrected chi connectivity index (χ0v) is 21.8. The van der Waals surface area contributed by atoms with Crippen LogP contribution in [0.5, 0.6) is 11.5 Å². The van der Waals surface area contributed by atoms with Gasteiger partial charge in [0.05, 0.1) is 12.2 Å². The number of hydrogen-bond acceptors (Lipinski definition) is 6. The standard InChI is InChI=1S/C31H28N2O6/c1-21-7-6-10-24(15-21)37-19-27(34)23-11-13-28-26(16-23)33(30(35)20-38-28)18-25-12-14-29(39-25)31(36)32(2)17-22-8-4-3-5-9-22/h3-16H,17-20H2,1-2H3. The summed E-state index contributed by atoms with van der Waals surface area (Å²) < 4.78 is 17.1. The van der Waals surface area contributed by atoms with Crippen LogP contribution in [0.2, 0.25) is 0 Å². The summed E-state index contributed by atoms with van der Waals surface area (Å²) in [5, 5.41) is 0. The minimum Gasteiger partial charge on any atom is -0.485 e. The second-order valence-electron chi connectivity index (χ2n) is 9.39. The number of Topliss-reactive ketones (excluding diaryl/α,β-unsaturated/α-hetero) is 1. The van der Waals surface area contributed by atoms with E-state index in [1.807, 2.05) is 55.5 Å². The maximum Gasteiger partial charge on any atom is 0.289 e. The van der Waals surface area contributed by atoms with Crippen LogP contribution in [0.15, 0.2) is 89.3 Å². The molecular weight excluding hydrogens is 496 g/mol. The number of carbonyl (C=O) groups excluding carboxylic acids is 3. The Kier molecular flexibility index (Phi) is 7.45. The van der Waals surface area contributed by atoms with Crippen molar-refractivity contribution in [3.63, 3.8) is 0 Å². The first kappa shape index (κ1) is 25.8. The molecule has 2 amide bonds. The predicted octanol–water partition coefficient (Wildman–Crippen LogP) is 5.05. The van der Waals surface area contributed by atoms with E-state index < -0.39 is 0 Å². The van der Waals surface area contributed by atoms with E-state index in [0.717, 1.165) is 11.1 Å².